The lowest BCUT2D eigenvalue weighted by molar-refractivity contribution is -0.384. The molecule has 0 aliphatic rings. The van der Waals surface area contributed by atoms with Gasteiger partial charge in [-0.25, -0.2) is 4.98 Å². The lowest BCUT2D eigenvalue weighted by Crippen LogP contribution is -2.30. The number of hydrogen-bond donors (Lipinski definition) is 1. The van der Waals surface area contributed by atoms with Crippen LogP contribution in [0.15, 0.2) is 12.1 Å². The predicted octanol–water partition coefficient (Wildman–Crippen LogP) is 3.29. The Labute approximate surface area is 120 Å². The van der Waals surface area contributed by atoms with Crippen molar-refractivity contribution in [3.05, 3.63) is 22.2 Å². The maximum absolute atomic E-state index is 11.1. The van der Waals surface area contributed by atoms with Crippen molar-refractivity contribution in [1.82, 2.24) is 4.98 Å². The van der Waals surface area contributed by atoms with Crippen LogP contribution in [0.4, 0.5) is 17.3 Å². The van der Waals surface area contributed by atoms with Gasteiger partial charge in [0.15, 0.2) is 0 Å². The van der Waals surface area contributed by atoms with Crippen molar-refractivity contribution < 1.29 is 4.92 Å². The molecule has 0 saturated heterocycles. The second kappa shape index (κ2) is 6.54. The van der Waals surface area contributed by atoms with Gasteiger partial charge < -0.3 is 10.2 Å². The molecule has 1 heterocycles. The van der Waals surface area contributed by atoms with E-state index in [-0.39, 0.29) is 16.0 Å². The van der Waals surface area contributed by atoms with Crippen molar-refractivity contribution in [3.8, 4) is 0 Å². The van der Waals surface area contributed by atoms with Gasteiger partial charge in [-0.3, -0.25) is 10.1 Å². The van der Waals surface area contributed by atoms with E-state index >= 15 is 0 Å². The summed E-state index contributed by atoms with van der Waals surface area (Å²) in [5.41, 5.74) is 0.0794. The normalized spacial score (nSPS) is 11.2. The van der Waals surface area contributed by atoms with Crippen molar-refractivity contribution in [2.75, 3.05) is 30.4 Å². The molecule has 0 bridgehead atoms. The van der Waals surface area contributed by atoms with E-state index in [1.165, 1.54) is 6.07 Å². The van der Waals surface area contributed by atoms with Crippen LogP contribution < -0.4 is 10.2 Å². The summed E-state index contributed by atoms with van der Waals surface area (Å²) in [5.74, 6) is 1.08. The number of anilines is 2. The minimum atomic E-state index is -0.384. The van der Waals surface area contributed by atoms with E-state index in [2.05, 4.69) is 38.0 Å². The molecule has 0 radical (unpaired) electrons. The monoisotopic (exact) mass is 280 g/mol. The Kier molecular flexibility index (Phi) is 5.30. The van der Waals surface area contributed by atoms with Gasteiger partial charge in [0.2, 0.25) is 5.82 Å². The molecule has 0 spiro atoms. The van der Waals surface area contributed by atoms with E-state index < -0.39 is 0 Å². The van der Waals surface area contributed by atoms with Gasteiger partial charge in [-0.05, 0) is 17.9 Å². The van der Waals surface area contributed by atoms with Gasteiger partial charge >= 0.3 is 5.69 Å². The first-order valence-electron chi connectivity index (χ1n) is 6.85. The van der Waals surface area contributed by atoms with E-state index in [1.54, 1.807) is 6.07 Å². The van der Waals surface area contributed by atoms with Crippen LogP contribution in [0.3, 0.4) is 0 Å². The first-order chi connectivity index (χ1) is 9.24. The largest absolute Gasteiger partial charge is 0.370 e. The zero-order chi connectivity index (χ0) is 15.3. The van der Waals surface area contributed by atoms with E-state index in [4.69, 9.17) is 0 Å². The fraction of sp³-hybridized carbons (Fsp3) is 0.643. The smallest absolute Gasteiger partial charge is 0.311 e. The quantitative estimate of drug-likeness (QED) is 0.639. The van der Waals surface area contributed by atoms with Crippen LogP contribution in [0.1, 0.15) is 34.1 Å². The maximum Gasteiger partial charge on any atom is 0.311 e. The zero-order valence-corrected chi connectivity index (χ0v) is 12.9. The van der Waals surface area contributed by atoms with Gasteiger partial charge in [-0.1, -0.05) is 27.7 Å². The van der Waals surface area contributed by atoms with Gasteiger partial charge in [0.1, 0.15) is 5.82 Å². The van der Waals surface area contributed by atoms with E-state index in [0.717, 1.165) is 13.0 Å². The topological polar surface area (TPSA) is 71.3 Å². The van der Waals surface area contributed by atoms with Crippen LogP contribution in [0.25, 0.3) is 0 Å². The minimum absolute atomic E-state index is 0.0388. The molecule has 1 N–H and O–H groups in total. The SMILES string of the molecule is CCCNc1ccc([N+](=O)[O-])c(N(C)CC(C)(C)C)n1. The van der Waals surface area contributed by atoms with Crippen LogP contribution in [0.2, 0.25) is 0 Å². The molecule has 6 heteroatoms. The molecule has 6 nitrogen and oxygen atoms in total. The highest BCUT2D eigenvalue weighted by atomic mass is 16.6. The van der Waals surface area contributed by atoms with Crippen molar-refractivity contribution >= 4 is 17.3 Å². The Bertz CT molecular complexity index is 469. The molecule has 1 aromatic rings. The van der Waals surface area contributed by atoms with Crippen LogP contribution in [0.5, 0.6) is 0 Å². The van der Waals surface area contributed by atoms with Crippen LogP contribution in [-0.4, -0.2) is 30.0 Å². The van der Waals surface area contributed by atoms with Gasteiger partial charge in [0, 0.05) is 26.2 Å². The number of nitrogens with one attached hydrogen (secondary N) is 1. The summed E-state index contributed by atoms with van der Waals surface area (Å²) in [6.07, 6.45) is 0.978. The average Bonchev–Trinajstić information content (AvgIpc) is 2.33. The lowest BCUT2D eigenvalue weighted by atomic mass is 9.96. The van der Waals surface area contributed by atoms with Gasteiger partial charge in [0.25, 0.3) is 0 Å². The Morgan fingerprint density at radius 3 is 2.55 bits per heavy atom. The zero-order valence-electron chi connectivity index (χ0n) is 12.9. The Morgan fingerprint density at radius 2 is 2.05 bits per heavy atom. The molecule has 0 saturated carbocycles. The Hall–Kier alpha value is -1.85. The van der Waals surface area contributed by atoms with Crippen molar-refractivity contribution in [2.24, 2.45) is 5.41 Å². The predicted molar refractivity (Wildman–Crippen MR) is 82.4 cm³/mol. The first kappa shape index (κ1) is 16.2. The first-order valence-corrected chi connectivity index (χ1v) is 6.85. The molecule has 0 unspecified atom stereocenters. The van der Waals surface area contributed by atoms with Crippen molar-refractivity contribution in [2.45, 2.75) is 34.1 Å². The van der Waals surface area contributed by atoms with Crippen LogP contribution in [0, 0.1) is 15.5 Å². The van der Waals surface area contributed by atoms with E-state index in [9.17, 15) is 10.1 Å². The minimum Gasteiger partial charge on any atom is -0.370 e. The molecule has 1 rings (SSSR count). The molecule has 0 aliphatic heterocycles. The Morgan fingerprint density at radius 1 is 1.40 bits per heavy atom. The summed E-state index contributed by atoms with van der Waals surface area (Å²) in [5, 5.41) is 14.3. The van der Waals surface area contributed by atoms with Crippen LogP contribution in [-0.2, 0) is 0 Å². The highest BCUT2D eigenvalue weighted by Crippen LogP contribution is 2.29. The number of aromatic nitrogens is 1. The van der Waals surface area contributed by atoms with E-state index in [1.807, 2.05) is 11.9 Å². The second-order valence-electron chi connectivity index (χ2n) is 6.14. The third-order valence-electron chi connectivity index (χ3n) is 2.68. The second-order valence-corrected chi connectivity index (χ2v) is 6.14. The third-order valence-corrected chi connectivity index (χ3v) is 2.68. The van der Waals surface area contributed by atoms with Crippen molar-refractivity contribution in [1.29, 1.82) is 0 Å². The summed E-state index contributed by atoms with van der Waals surface area (Å²) in [4.78, 5) is 17.0. The number of nitro groups is 1. The third kappa shape index (κ3) is 4.68. The lowest BCUT2D eigenvalue weighted by Gasteiger charge is -2.27. The molecule has 1 aromatic heterocycles. The molecule has 112 valence electrons. The highest BCUT2D eigenvalue weighted by molar-refractivity contribution is 5.61. The molecule has 0 fully saturated rings. The summed E-state index contributed by atoms with van der Waals surface area (Å²) >= 11 is 0. The molecular weight excluding hydrogens is 256 g/mol. The summed E-state index contributed by atoms with van der Waals surface area (Å²) in [6, 6.07) is 3.17. The maximum atomic E-state index is 11.1. The van der Waals surface area contributed by atoms with Gasteiger partial charge in [-0.2, -0.15) is 0 Å². The van der Waals surface area contributed by atoms with Gasteiger partial charge in [0.05, 0.1) is 4.92 Å². The molecule has 20 heavy (non-hydrogen) atoms. The number of rotatable bonds is 6. The number of hydrogen-bond acceptors (Lipinski definition) is 5. The fourth-order valence-electron chi connectivity index (χ4n) is 2.00. The van der Waals surface area contributed by atoms with Gasteiger partial charge in [-0.15, -0.1) is 0 Å². The summed E-state index contributed by atoms with van der Waals surface area (Å²) in [6.45, 7) is 9.83. The standard InChI is InChI=1S/C14H24N4O2/c1-6-9-15-12-8-7-11(18(19)20)13(16-12)17(5)10-14(2,3)4/h7-8H,6,9-10H2,1-5H3,(H,15,16). The summed E-state index contributed by atoms with van der Waals surface area (Å²) in [7, 11) is 1.84. The molecule has 0 aliphatic carbocycles. The van der Waals surface area contributed by atoms with Crippen molar-refractivity contribution in [3.63, 3.8) is 0 Å². The molecule has 0 amide bonds. The molecule has 0 atom stereocenters. The van der Waals surface area contributed by atoms with Crippen LogP contribution >= 0.6 is 0 Å². The highest BCUT2D eigenvalue weighted by Gasteiger charge is 2.23. The fourth-order valence-corrected chi connectivity index (χ4v) is 2.00. The number of pyridine rings is 1. The Balaban J connectivity index is 3.08. The summed E-state index contributed by atoms with van der Waals surface area (Å²) < 4.78 is 0. The van der Waals surface area contributed by atoms with E-state index in [0.29, 0.717) is 18.2 Å². The number of nitrogens with zero attached hydrogens (tertiary/aromatic N) is 3. The molecular formula is C14H24N4O2. The molecule has 0 aromatic carbocycles. The average molecular weight is 280 g/mol.